The van der Waals surface area contributed by atoms with Crippen LogP contribution in [0.25, 0.3) is 0 Å². The lowest BCUT2D eigenvalue weighted by molar-refractivity contribution is -0.141. The first kappa shape index (κ1) is 17.9. The summed E-state index contributed by atoms with van der Waals surface area (Å²) in [5.41, 5.74) is 0. The number of nitrogens with one attached hydrogen (secondary N) is 2. The quantitative estimate of drug-likeness (QED) is 0.566. The third-order valence-corrected chi connectivity index (χ3v) is 3.17. The number of hydrogen-bond acceptors (Lipinski definition) is 3. The number of amides is 1. The number of carbonyl (C=O) groups is 2. The maximum Gasteiger partial charge on any atom is 0.306 e. The fourth-order valence-electron chi connectivity index (χ4n) is 1.84. The van der Waals surface area contributed by atoms with E-state index in [1.807, 2.05) is 20.8 Å². The summed E-state index contributed by atoms with van der Waals surface area (Å²) in [4.78, 5) is 22.3. The fraction of sp³-hybridized carbons (Fsp3) is 0.857. The van der Waals surface area contributed by atoms with Gasteiger partial charge in [-0.25, -0.2) is 0 Å². The largest absolute Gasteiger partial charge is 0.481 e. The molecule has 0 aromatic heterocycles. The second-order valence-electron chi connectivity index (χ2n) is 5.25. The van der Waals surface area contributed by atoms with Crippen LogP contribution in [0.4, 0.5) is 0 Å². The van der Waals surface area contributed by atoms with Gasteiger partial charge in [-0.3, -0.25) is 9.59 Å². The lowest BCUT2D eigenvalue weighted by atomic mass is 10.0. The number of rotatable bonds is 10. The molecule has 3 N–H and O–H groups in total. The molecule has 0 aromatic rings. The van der Waals surface area contributed by atoms with Crippen molar-refractivity contribution in [1.29, 1.82) is 0 Å². The first-order valence-electron chi connectivity index (χ1n) is 7.15. The van der Waals surface area contributed by atoms with Crippen molar-refractivity contribution in [3.63, 3.8) is 0 Å². The molecule has 3 atom stereocenters. The third kappa shape index (κ3) is 8.59. The van der Waals surface area contributed by atoms with Crippen LogP contribution in [0, 0.1) is 5.92 Å². The summed E-state index contributed by atoms with van der Waals surface area (Å²) in [5, 5.41) is 14.9. The number of carboxylic acids is 1. The second-order valence-corrected chi connectivity index (χ2v) is 5.25. The maximum atomic E-state index is 11.7. The van der Waals surface area contributed by atoms with E-state index >= 15 is 0 Å². The van der Waals surface area contributed by atoms with Crippen LogP contribution >= 0.6 is 0 Å². The second kappa shape index (κ2) is 9.78. The Labute approximate surface area is 116 Å². The van der Waals surface area contributed by atoms with Gasteiger partial charge in [0.15, 0.2) is 0 Å². The van der Waals surface area contributed by atoms with Crippen molar-refractivity contribution in [3.8, 4) is 0 Å². The van der Waals surface area contributed by atoms with Gasteiger partial charge in [0, 0.05) is 12.6 Å². The summed E-state index contributed by atoms with van der Waals surface area (Å²) < 4.78 is 0. The predicted octanol–water partition coefficient (Wildman–Crippen LogP) is 1.77. The van der Waals surface area contributed by atoms with E-state index in [9.17, 15) is 9.59 Å². The van der Waals surface area contributed by atoms with Gasteiger partial charge in [-0.1, -0.05) is 20.3 Å². The minimum absolute atomic E-state index is 0.0209. The minimum atomic E-state index is -0.743. The lowest BCUT2D eigenvalue weighted by Crippen LogP contribution is -2.45. The number of carboxylic acid groups (broad SMARTS) is 1. The molecule has 1 amide bonds. The zero-order valence-electron chi connectivity index (χ0n) is 12.5. The van der Waals surface area contributed by atoms with E-state index in [0.29, 0.717) is 13.0 Å². The molecule has 5 heteroatoms. The smallest absolute Gasteiger partial charge is 0.306 e. The number of hydrogen-bond donors (Lipinski definition) is 3. The van der Waals surface area contributed by atoms with Gasteiger partial charge < -0.3 is 15.7 Å². The van der Waals surface area contributed by atoms with Gasteiger partial charge in [-0.05, 0) is 33.1 Å². The summed E-state index contributed by atoms with van der Waals surface area (Å²) in [5.74, 6) is -1.02. The molecule has 0 aliphatic rings. The molecule has 0 spiro atoms. The van der Waals surface area contributed by atoms with E-state index in [1.165, 1.54) is 0 Å². The summed E-state index contributed by atoms with van der Waals surface area (Å²) in [6.45, 7) is 8.32. The summed E-state index contributed by atoms with van der Waals surface area (Å²) in [7, 11) is 0. The molecule has 3 unspecified atom stereocenters. The predicted molar refractivity (Wildman–Crippen MR) is 76.0 cm³/mol. The number of aliphatic carboxylic acids is 1. The van der Waals surface area contributed by atoms with Gasteiger partial charge in [0.1, 0.15) is 0 Å². The molecular weight excluding hydrogens is 244 g/mol. The van der Waals surface area contributed by atoms with Crippen LogP contribution in [-0.4, -0.2) is 35.6 Å². The molecule has 0 aliphatic carbocycles. The molecule has 0 rings (SSSR count). The zero-order valence-corrected chi connectivity index (χ0v) is 12.5. The van der Waals surface area contributed by atoms with Gasteiger partial charge in [0.2, 0.25) is 5.91 Å². The van der Waals surface area contributed by atoms with Gasteiger partial charge in [-0.2, -0.15) is 0 Å². The highest BCUT2D eigenvalue weighted by Gasteiger charge is 2.15. The Morgan fingerprint density at radius 1 is 1.16 bits per heavy atom. The minimum Gasteiger partial charge on any atom is -0.481 e. The highest BCUT2D eigenvalue weighted by atomic mass is 16.4. The van der Waals surface area contributed by atoms with Crippen LogP contribution in [-0.2, 0) is 9.59 Å². The van der Waals surface area contributed by atoms with Gasteiger partial charge in [0.25, 0.3) is 0 Å². The molecule has 0 fully saturated rings. The first-order chi connectivity index (χ1) is 8.88. The highest BCUT2D eigenvalue weighted by molar-refractivity contribution is 5.81. The molecule has 112 valence electrons. The molecule has 0 aromatic carbocycles. The normalized spacial score (nSPS) is 15.6. The van der Waals surface area contributed by atoms with Crippen LogP contribution in [0.3, 0.4) is 0 Å². The number of carbonyl (C=O) groups excluding carboxylic acids is 1. The molecule has 0 radical (unpaired) electrons. The standard InChI is InChI=1S/C14H28N2O3/c1-5-9-15-13(17)12(4)16-11(3)8-6-7-10(2)14(18)19/h10-12,16H,5-9H2,1-4H3,(H,15,17)(H,18,19). The Bertz CT molecular complexity index is 282. The van der Waals surface area contributed by atoms with Crippen LogP contribution in [0.5, 0.6) is 0 Å². The van der Waals surface area contributed by atoms with Crippen LogP contribution in [0.1, 0.15) is 53.4 Å². The molecule has 5 nitrogen and oxygen atoms in total. The Morgan fingerprint density at radius 2 is 1.79 bits per heavy atom. The monoisotopic (exact) mass is 272 g/mol. The average molecular weight is 272 g/mol. The Kier molecular flexibility index (Phi) is 9.21. The van der Waals surface area contributed by atoms with Crippen LogP contribution < -0.4 is 10.6 Å². The molecule has 0 saturated heterocycles. The Hall–Kier alpha value is -1.10. The lowest BCUT2D eigenvalue weighted by Gasteiger charge is -2.19. The van der Waals surface area contributed by atoms with Crippen molar-refractivity contribution in [2.45, 2.75) is 65.5 Å². The van der Waals surface area contributed by atoms with Gasteiger partial charge in [0.05, 0.1) is 12.0 Å². The fourth-order valence-corrected chi connectivity index (χ4v) is 1.84. The van der Waals surface area contributed by atoms with Crippen molar-refractivity contribution in [3.05, 3.63) is 0 Å². The van der Waals surface area contributed by atoms with Crippen LogP contribution in [0.15, 0.2) is 0 Å². The van der Waals surface area contributed by atoms with E-state index in [4.69, 9.17) is 5.11 Å². The van der Waals surface area contributed by atoms with Crippen molar-refractivity contribution in [1.82, 2.24) is 10.6 Å². The van der Waals surface area contributed by atoms with E-state index in [1.54, 1.807) is 6.92 Å². The molecule has 19 heavy (non-hydrogen) atoms. The molecule has 0 aliphatic heterocycles. The summed E-state index contributed by atoms with van der Waals surface area (Å²) in [6.07, 6.45) is 3.34. The molecular formula is C14H28N2O3. The maximum absolute atomic E-state index is 11.7. The zero-order chi connectivity index (χ0) is 14.8. The van der Waals surface area contributed by atoms with Crippen molar-refractivity contribution < 1.29 is 14.7 Å². The van der Waals surface area contributed by atoms with Crippen molar-refractivity contribution >= 4 is 11.9 Å². The third-order valence-electron chi connectivity index (χ3n) is 3.17. The molecule has 0 saturated carbocycles. The summed E-state index contributed by atoms with van der Waals surface area (Å²) >= 11 is 0. The SMILES string of the molecule is CCCNC(=O)C(C)NC(C)CCCC(C)C(=O)O. The van der Waals surface area contributed by atoms with E-state index in [-0.39, 0.29) is 23.9 Å². The van der Waals surface area contributed by atoms with Crippen molar-refractivity contribution in [2.24, 2.45) is 5.92 Å². The topological polar surface area (TPSA) is 78.4 Å². The Morgan fingerprint density at radius 3 is 2.32 bits per heavy atom. The molecule has 0 bridgehead atoms. The Balaban J connectivity index is 3.81. The van der Waals surface area contributed by atoms with Crippen LogP contribution in [0.2, 0.25) is 0 Å². The van der Waals surface area contributed by atoms with Crippen molar-refractivity contribution in [2.75, 3.05) is 6.54 Å². The van der Waals surface area contributed by atoms with E-state index in [0.717, 1.165) is 19.3 Å². The van der Waals surface area contributed by atoms with E-state index in [2.05, 4.69) is 10.6 Å². The van der Waals surface area contributed by atoms with Gasteiger partial charge in [-0.15, -0.1) is 0 Å². The van der Waals surface area contributed by atoms with E-state index < -0.39 is 5.97 Å². The molecule has 0 heterocycles. The van der Waals surface area contributed by atoms with Gasteiger partial charge >= 0.3 is 5.97 Å². The summed E-state index contributed by atoms with van der Waals surface area (Å²) in [6, 6.07) is 0.00168. The highest BCUT2D eigenvalue weighted by Crippen LogP contribution is 2.09. The first-order valence-corrected chi connectivity index (χ1v) is 7.15. The average Bonchev–Trinajstić information content (AvgIpc) is 2.35.